The Morgan fingerprint density at radius 3 is 2.73 bits per heavy atom. The molecule has 1 aromatic heterocycles. The molecule has 0 saturated carbocycles. The van der Waals surface area contributed by atoms with Crippen molar-refractivity contribution in [1.29, 1.82) is 0 Å². The summed E-state index contributed by atoms with van der Waals surface area (Å²) >= 11 is 2.03. The largest absolute Gasteiger partial charge is 0.325 e. The number of hydrogen-bond donors (Lipinski definition) is 1. The van der Waals surface area contributed by atoms with Crippen molar-refractivity contribution < 1.29 is 0 Å². The van der Waals surface area contributed by atoms with E-state index in [4.69, 9.17) is 5.73 Å². The highest BCUT2D eigenvalue weighted by atomic mass is 32.2. The molecule has 0 aliphatic carbocycles. The maximum absolute atomic E-state index is 5.57. The summed E-state index contributed by atoms with van der Waals surface area (Å²) in [5.74, 6) is 2.49. The normalized spacial score (nSPS) is 17.9. The molecule has 0 aromatic carbocycles. The van der Waals surface area contributed by atoms with Crippen LogP contribution in [0.5, 0.6) is 0 Å². The molecule has 2 rings (SSSR count). The second kappa shape index (κ2) is 5.49. The zero-order valence-corrected chi connectivity index (χ0v) is 9.67. The Morgan fingerprint density at radius 2 is 2.00 bits per heavy atom. The standard InChI is InChI=1S/C11H17N3S/c12-8-10-2-1-3-11(13-10)9-14-4-6-15-7-5-14/h1-3H,4-9,12H2. The fourth-order valence-corrected chi connectivity index (χ4v) is 2.70. The fraction of sp³-hybridized carbons (Fsp3) is 0.545. The molecule has 15 heavy (non-hydrogen) atoms. The van der Waals surface area contributed by atoms with Crippen molar-refractivity contribution in [3.63, 3.8) is 0 Å². The molecule has 0 bridgehead atoms. The van der Waals surface area contributed by atoms with Crippen LogP contribution in [-0.2, 0) is 13.1 Å². The molecular formula is C11H17N3S. The van der Waals surface area contributed by atoms with Crippen LogP contribution in [0.15, 0.2) is 18.2 Å². The molecule has 0 atom stereocenters. The molecule has 0 amide bonds. The summed E-state index contributed by atoms with van der Waals surface area (Å²) in [6.45, 7) is 3.86. The van der Waals surface area contributed by atoms with E-state index >= 15 is 0 Å². The Kier molecular flexibility index (Phi) is 4.00. The third-order valence-electron chi connectivity index (χ3n) is 2.56. The van der Waals surface area contributed by atoms with Crippen LogP contribution in [0, 0.1) is 0 Å². The summed E-state index contributed by atoms with van der Waals surface area (Å²) in [7, 11) is 0. The van der Waals surface area contributed by atoms with Gasteiger partial charge in [-0.1, -0.05) is 6.07 Å². The number of nitrogens with zero attached hydrogens (tertiary/aromatic N) is 2. The average Bonchev–Trinajstić information content (AvgIpc) is 2.31. The molecule has 1 fully saturated rings. The van der Waals surface area contributed by atoms with Crippen molar-refractivity contribution in [1.82, 2.24) is 9.88 Å². The van der Waals surface area contributed by atoms with Crippen LogP contribution < -0.4 is 5.73 Å². The summed E-state index contributed by atoms with van der Waals surface area (Å²) < 4.78 is 0. The van der Waals surface area contributed by atoms with Gasteiger partial charge in [-0.05, 0) is 12.1 Å². The summed E-state index contributed by atoms with van der Waals surface area (Å²) in [4.78, 5) is 6.97. The topological polar surface area (TPSA) is 42.1 Å². The number of pyridine rings is 1. The number of thioether (sulfide) groups is 1. The van der Waals surface area contributed by atoms with Crippen molar-refractivity contribution in [3.05, 3.63) is 29.6 Å². The van der Waals surface area contributed by atoms with E-state index in [0.29, 0.717) is 6.54 Å². The van der Waals surface area contributed by atoms with Gasteiger partial charge in [-0.3, -0.25) is 9.88 Å². The average molecular weight is 223 g/mol. The smallest absolute Gasteiger partial charge is 0.0547 e. The molecule has 2 heterocycles. The van der Waals surface area contributed by atoms with Gasteiger partial charge in [0.15, 0.2) is 0 Å². The first-order valence-corrected chi connectivity index (χ1v) is 6.49. The monoisotopic (exact) mass is 223 g/mol. The highest BCUT2D eigenvalue weighted by Gasteiger charge is 2.11. The van der Waals surface area contributed by atoms with Crippen molar-refractivity contribution in [2.45, 2.75) is 13.1 Å². The zero-order valence-electron chi connectivity index (χ0n) is 8.85. The van der Waals surface area contributed by atoms with Gasteiger partial charge in [0, 0.05) is 37.7 Å². The van der Waals surface area contributed by atoms with Crippen molar-refractivity contribution >= 4 is 11.8 Å². The molecule has 0 radical (unpaired) electrons. The highest BCUT2D eigenvalue weighted by Crippen LogP contribution is 2.11. The number of aromatic nitrogens is 1. The number of nitrogens with two attached hydrogens (primary N) is 1. The molecule has 2 N–H and O–H groups in total. The van der Waals surface area contributed by atoms with E-state index in [0.717, 1.165) is 17.9 Å². The van der Waals surface area contributed by atoms with Gasteiger partial charge >= 0.3 is 0 Å². The van der Waals surface area contributed by atoms with Gasteiger partial charge in [-0.15, -0.1) is 0 Å². The van der Waals surface area contributed by atoms with Crippen molar-refractivity contribution in [3.8, 4) is 0 Å². The highest BCUT2D eigenvalue weighted by molar-refractivity contribution is 7.99. The molecule has 82 valence electrons. The predicted octanol–water partition coefficient (Wildman–Crippen LogP) is 1.09. The van der Waals surface area contributed by atoms with Crippen LogP contribution in [0.25, 0.3) is 0 Å². The molecule has 3 nitrogen and oxygen atoms in total. The Morgan fingerprint density at radius 1 is 1.27 bits per heavy atom. The molecule has 1 aromatic rings. The van der Waals surface area contributed by atoms with Crippen molar-refractivity contribution in [2.24, 2.45) is 5.73 Å². The van der Waals surface area contributed by atoms with E-state index in [-0.39, 0.29) is 0 Å². The minimum absolute atomic E-state index is 0.531. The first-order chi connectivity index (χ1) is 7.38. The molecule has 0 spiro atoms. The van der Waals surface area contributed by atoms with Crippen LogP contribution in [0.2, 0.25) is 0 Å². The second-order valence-electron chi connectivity index (χ2n) is 3.71. The van der Waals surface area contributed by atoms with Gasteiger partial charge in [-0.25, -0.2) is 0 Å². The Labute approximate surface area is 95.1 Å². The van der Waals surface area contributed by atoms with Crippen LogP contribution >= 0.6 is 11.8 Å². The lowest BCUT2D eigenvalue weighted by Crippen LogP contribution is -2.32. The molecule has 1 saturated heterocycles. The molecule has 0 unspecified atom stereocenters. The van der Waals surface area contributed by atoms with Crippen LogP contribution in [0.1, 0.15) is 11.4 Å². The number of rotatable bonds is 3. The zero-order chi connectivity index (χ0) is 10.5. The first kappa shape index (κ1) is 10.9. The third-order valence-corrected chi connectivity index (χ3v) is 3.51. The second-order valence-corrected chi connectivity index (χ2v) is 4.94. The van der Waals surface area contributed by atoms with E-state index in [2.05, 4.69) is 16.0 Å². The van der Waals surface area contributed by atoms with Gasteiger partial charge < -0.3 is 5.73 Å². The first-order valence-electron chi connectivity index (χ1n) is 5.33. The van der Waals surface area contributed by atoms with Gasteiger partial charge in [-0.2, -0.15) is 11.8 Å². The van der Waals surface area contributed by atoms with E-state index in [9.17, 15) is 0 Å². The van der Waals surface area contributed by atoms with Gasteiger partial charge in [0.2, 0.25) is 0 Å². The lowest BCUT2D eigenvalue weighted by atomic mass is 10.3. The van der Waals surface area contributed by atoms with Gasteiger partial charge in [0.1, 0.15) is 0 Å². The van der Waals surface area contributed by atoms with E-state index in [1.54, 1.807) is 0 Å². The lowest BCUT2D eigenvalue weighted by molar-refractivity contribution is 0.291. The summed E-state index contributed by atoms with van der Waals surface area (Å²) in [6.07, 6.45) is 0. The maximum atomic E-state index is 5.57. The minimum Gasteiger partial charge on any atom is -0.325 e. The molecule has 1 aliphatic rings. The van der Waals surface area contributed by atoms with Crippen LogP contribution in [0.4, 0.5) is 0 Å². The van der Waals surface area contributed by atoms with E-state index < -0.39 is 0 Å². The summed E-state index contributed by atoms with van der Waals surface area (Å²) in [6, 6.07) is 6.11. The molecular weight excluding hydrogens is 206 g/mol. The quantitative estimate of drug-likeness (QED) is 0.833. The third kappa shape index (κ3) is 3.19. The minimum atomic E-state index is 0.531. The van der Waals surface area contributed by atoms with E-state index in [1.807, 2.05) is 23.9 Å². The predicted molar refractivity (Wildman–Crippen MR) is 64.7 cm³/mol. The van der Waals surface area contributed by atoms with Crippen molar-refractivity contribution in [2.75, 3.05) is 24.6 Å². The number of hydrogen-bond acceptors (Lipinski definition) is 4. The van der Waals surface area contributed by atoms with E-state index in [1.165, 1.54) is 24.6 Å². The SMILES string of the molecule is NCc1cccc(CN2CCSCC2)n1. The Balaban J connectivity index is 1.96. The summed E-state index contributed by atoms with van der Waals surface area (Å²) in [5.41, 5.74) is 7.70. The fourth-order valence-electron chi connectivity index (χ4n) is 1.72. The summed E-state index contributed by atoms with van der Waals surface area (Å²) in [5, 5.41) is 0. The van der Waals surface area contributed by atoms with Crippen LogP contribution in [-0.4, -0.2) is 34.5 Å². The lowest BCUT2D eigenvalue weighted by Gasteiger charge is -2.25. The Hall–Kier alpha value is -0.580. The van der Waals surface area contributed by atoms with Crippen LogP contribution in [0.3, 0.4) is 0 Å². The molecule has 4 heteroatoms. The Bertz CT molecular complexity index is 310. The van der Waals surface area contributed by atoms with Gasteiger partial charge in [0.05, 0.1) is 11.4 Å². The maximum Gasteiger partial charge on any atom is 0.0547 e. The molecule has 1 aliphatic heterocycles. The van der Waals surface area contributed by atoms with Gasteiger partial charge in [0.25, 0.3) is 0 Å².